The summed E-state index contributed by atoms with van der Waals surface area (Å²) in [5.74, 6) is 0.519. The second-order valence-electron chi connectivity index (χ2n) is 7.16. The van der Waals surface area contributed by atoms with E-state index in [1.54, 1.807) is 0 Å². The van der Waals surface area contributed by atoms with E-state index >= 15 is 0 Å². The molecule has 1 aromatic rings. The summed E-state index contributed by atoms with van der Waals surface area (Å²) in [4.78, 5) is 29.9. The lowest BCUT2D eigenvalue weighted by atomic mass is 9.97. The Labute approximate surface area is 155 Å². The maximum atomic E-state index is 12.7. The average molecular weight is 369 g/mol. The van der Waals surface area contributed by atoms with Crippen LogP contribution in [0, 0.1) is 19.8 Å². The molecule has 6 nitrogen and oxygen atoms in total. The van der Waals surface area contributed by atoms with Crippen LogP contribution in [0.3, 0.4) is 0 Å². The molecule has 0 aromatic carbocycles. The van der Waals surface area contributed by atoms with Crippen molar-refractivity contribution in [2.24, 2.45) is 5.92 Å². The summed E-state index contributed by atoms with van der Waals surface area (Å²) in [6.07, 6.45) is 4.04. The fraction of sp³-hybridized carbons (Fsp3) is 0.667. The maximum absolute atomic E-state index is 12.7. The second kappa shape index (κ2) is 8.72. The minimum Gasteiger partial charge on any atom is -0.354 e. The van der Waals surface area contributed by atoms with Gasteiger partial charge in [0.05, 0.1) is 6.04 Å². The van der Waals surface area contributed by atoms with Gasteiger partial charge in [0.25, 0.3) is 5.91 Å². The molecule has 2 unspecified atom stereocenters. The van der Waals surface area contributed by atoms with Crippen molar-refractivity contribution in [3.8, 4) is 0 Å². The number of likely N-dealkylation sites (tertiary alicyclic amines) is 1. The van der Waals surface area contributed by atoms with Gasteiger partial charge >= 0.3 is 0 Å². The number of rotatable bonds is 4. The van der Waals surface area contributed by atoms with Gasteiger partial charge in [-0.15, -0.1) is 12.4 Å². The second-order valence-corrected chi connectivity index (χ2v) is 7.16. The Morgan fingerprint density at radius 3 is 2.72 bits per heavy atom. The number of aromatic amines is 1. The summed E-state index contributed by atoms with van der Waals surface area (Å²) >= 11 is 0. The minimum absolute atomic E-state index is 0. The lowest BCUT2D eigenvalue weighted by Crippen LogP contribution is -2.46. The Hall–Kier alpha value is -1.53. The van der Waals surface area contributed by atoms with Gasteiger partial charge in [-0.05, 0) is 63.6 Å². The molecule has 1 aromatic heterocycles. The zero-order valence-corrected chi connectivity index (χ0v) is 15.9. The molecule has 2 aliphatic heterocycles. The van der Waals surface area contributed by atoms with Gasteiger partial charge in [-0.3, -0.25) is 9.59 Å². The first-order valence-corrected chi connectivity index (χ1v) is 9.01. The Kier molecular flexibility index (Phi) is 6.90. The highest BCUT2D eigenvalue weighted by Gasteiger charge is 2.27. The molecule has 0 radical (unpaired) electrons. The van der Waals surface area contributed by atoms with Crippen molar-refractivity contribution in [3.63, 3.8) is 0 Å². The number of carbonyl (C=O) groups is 2. The molecule has 3 heterocycles. The zero-order valence-electron chi connectivity index (χ0n) is 15.1. The summed E-state index contributed by atoms with van der Waals surface area (Å²) in [6, 6.07) is 1.97. The van der Waals surface area contributed by atoms with E-state index in [0.717, 1.165) is 50.0 Å². The number of piperidine rings is 1. The Morgan fingerprint density at radius 1 is 1.28 bits per heavy atom. The van der Waals surface area contributed by atoms with E-state index in [0.29, 0.717) is 24.7 Å². The monoisotopic (exact) mass is 368 g/mol. The number of aromatic nitrogens is 1. The molecular formula is C18H29ClN4O2. The third kappa shape index (κ3) is 4.76. The van der Waals surface area contributed by atoms with Gasteiger partial charge in [0.1, 0.15) is 5.69 Å². The molecule has 7 heteroatoms. The van der Waals surface area contributed by atoms with Crippen molar-refractivity contribution in [1.29, 1.82) is 0 Å². The maximum Gasteiger partial charge on any atom is 0.270 e. The SMILES string of the molecule is Cc1cc(C)c(C(=O)N2CCCC(CNC(=O)C3CCCN3)C2)[nH]1.Cl. The third-order valence-corrected chi connectivity index (χ3v) is 5.11. The normalized spacial score (nSPS) is 23.2. The van der Waals surface area contributed by atoms with Crippen LogP contribution in [0.2, 0.25) is 0 Å². The summed E-state index contributed by atoms with van der Waals surface area (Å²) < 4.78 is 0. The molecule has 2 saturated heterocycles. The first-order chi connectivity index (χ1) is 11.5. The van der Waals surface area contributed by atoms with Crippen molar-refractivity contribution in [3.05, 3.63) is 23.0 Å². The molecule has 0 spiro atoms. The molecule has 0 saturated carbocycles. The minimum atomic E-state index is -0.0316. The molecule has 2 atom stereocenters. The topological polar surface area (TPSA) is 77.2 Å². The van der Waals surface area contributed by atoms with Crippen LogP contribution >= 0.6 is 12.4 Å². The number of nitrogens with one attached hydrogen (secondary N) is 3. The summed E-state index contributed by atoms with van der Waals surface area (Å²) in [6.45, 7) is 7.03. The Balaban J connectivity index is 0.00000225. The number of nitrogens with zero attached hydrogens (tertiary/aromatic N) is 1. The lowest BCUT2D eigenvalue weighted by molar-refractivity contribution is -0.123. The van der Waals surface area contributed by atoms with Crippen LogP contribution in [0.4, 0.5) is 0 Å². The first-order valence-electron chi connectivity index (χ1n) is 9.01. The molecule has 2 fully saturated rings. The average Bonchev–Trinajstić information content (AvgIpc) is 3.22. The van der Waals surface area contributed by atoms with Crippen molar-refractivity contribution in [2.75, 3.05) is 26.2 Å². The van der Waals surface area contributed by atoms with E-state index in [1.807, 2.05) is 24.8 Å². The van der Waals surface area contributed by atoms with Crippen molar-refractivity contribution in [2.45, 2.75) is 45.6 Å². The van der Waals surface area contributed by atoms with Gasteiger partial charge in [-0.2, -0.15) is 0 Å². The highest BCUT2D eigenvalue weighted by Crippen LogP contribution is 2.20. The molecule has 0 bridgehead atoms. The number of hydrogen-bond acceptors (Lipinski definition) is 3. The van der Waals surface area contributed by atoms with Crippen LogP contribution in [0.25, 0.3) is 0 Å². The van der Waals surface area contributed by atoms with Gasteiger partial charge in [-0.25, -0.2) is 0 Å². The summed E-state index contributed by atoms with van der Waals surface area (Å²) in [7, 11) is 0. The van der Waals surface area contributed by atoms with E-state index < -0.39 is 0 Å². The Morgan fingerprint density at radius 2 is 2.08 bits per heavy atom. The first kappa shape index (κ1) is 19.8. The lowest BCUT2D eigenvalue weighted by Gasteiger charge is -2.33. The Bertz CT molecular complexity index is 610. The van der Waals surface area contributed by atoms with Crippen LogP contribution in [0.5, 0.6) is 0 Å². The van der Waals surface area contributed by atoms with E-state index in [4.69, 9.17) is 0 Å². The van der Waals surface area contributed by atoms with Crippen molar-refractivity contribution in [1.82, 2.24) is 20.5 Å². The predicted octanol–water partition coefficient (Wildman–Crippen LogP) is 1.77. The van der Waals surface area contributed by atoms with E-state index in [1.165, 1.54) is 0 Å². The fourth-order valence-corrected chi connectivity index (χ4v) is 3.80. The van der Waals surface area contributed by atoms with Gasteiger partial charge in [0.15, 0.2) is 0 Å². The standard InChI is InChI=1S/C18H28N4O2.ClH/c1-12-9-13(2)21-16(12)18(24)22-8-4-5-14(11-22)10-20-17(23)15-6-3-7-19-15;/h9,14-15,19,21H,3-8,10-11H2,1-2H3,(H,20,23);1H. The van der Waals surface area contributed by atoms with E-state index in [9.17, 15) is 9.59 Å². The molecule has 2 amide bonds. The predicted molar refractivity (Wildman–Crippen MR) is 100 cm³/mol. The number of hydrogen-bond donors (Lipinski definition) is 3. The highest BCUT2D eigenvalue weighted by atomic mass is 35.5. The quantitative estimate of drug-likeness (QED) is 0.758. The van der Waals surface area contributed by atoms with E-state index in [-0.39, 0.29) is 30.3 Å². The fourth-order valence-electron chi connectivity index (χ4n) is 3.80. The van der Waals surface area contributed by atoms with Gasteiger partial charge in [0, 0.05) is 25.3 Å². The number of amides is 2. The van der Waals surface area contributed by atoms with Crippen LogP contribution in [-0.2, 0) is 4.79 Å². The van der Waals surface area contributed by atoms with Crippen LogP contribution in [0.1, 0.15) is 47.4 Å². The van der Waals surface area contributed by atoms with Crippen LogP contribution in [0.15, 0.2) is 6.07 Å². The van der Waals surface area contributed by atoms with E-state index in [2.05, 4.69) is 15.6 Å². The highest BCUT2D eigenvalue weighted by molar-refractivity contribution is 5.94. The zero-order chi connectivity index (χ0) is 17.1. The van der Waals surface area contributed by atoms with Crippen molar-refractivity contribution >= 4 is 24.2 Å². The molecule has 140 valence electrons. The largest absolute Gasteiger partial charge is 0.354 e. The number of H-pyrrole nitrogens is 1. The smallest absolute Gasteiger partial charge is 0.270 e. The molecule has 2 aliphatic rings. The van der Waals surface area contributed by atoms with Crippen LogP contribution in [-0.4, -0.2) is 53.9 Å². The number of aryl methyl sites for hydroxylation is 2. The number of carbonyl (C=O) groups excluding carboxylic acids is 2. The van der Waals surface area contributed by atoms with Crippen molar-refractivity contribution < 1.29 is 9.59 Å². The van der Waals surface area contributed by atoms with Gasteiger partial charge in [0.2, 0.25) is 5.91 Å². The summed E-state index contributed by atoms with van der Waals surface area (Å²) in [5, 5.41) is 6.28. The van der Waals surface area contributed by atoms with Gasteiger partial charge in [-0.1, -0.05) is 0 Å². The number of halogens is 1. The molecular weight excluding hydrogens is 340 g/mol. The van der Waals surface area contributed by atoms with Gasteiger partial charge < -0.3 is 20.5 Å². The van der Waals surface area contributed by atoms with Crippen LogP contribution < -0.4 is 10.6 Å². The third-order valence-electron chi connectivity index (χ3n) is 5.11. The molecule has 0 aliphatic carbocycles. The molecule has 25 heavy (non-hydrogen) atoms. The summed E-state index contributed by atoms with van der Waals surface area (Å²) in [5.41, 5.74) is 2.72. The molecule has 3 rings (SSSR count). The molecule has 3 N–H and O–H groups in total.